The Balaban J connectivity index is 1.66. The lowest BCUT2D eigenvalue weighted by Gasteiger charge is -2.12. The molecule has 2 aromatic carbocycles. The van der Waals surface area contributed by atoms with Crippen LogP contribution in [0.3, 0.4) is 0 Å². The van der Waals surface area contributed by atoms with Gasteiger partial charge in [0.05, 0.1) is 11.4 Å². The number of pyridine rings is 1. The van der Waals surface area contributed by atoms with E-state index in [0.717, 1.165) is 29.8 Å². The molecule has 0 aliphatic heterocycles. The molecule has 1 amide bonds. The number of aryl methyl sites for hydroxylation is 3. The first-order chi connectivity index (χ1) is 17.1. The summed E-state index contributed by atoms with van der Waals surface area (Å²) in [7, 11) is -4.05. The van der Waals surface area contributed by atoms with Gasteiger partial charge < -0.3 is 9.88 Å². The third-order valence-corrected chi connectivity index (χ3v) is 7.54. The van der Waals surface area contributed by atoms with Crippen molar-refractivity contribution in [2.24, 2.45) is 0 Å². The van der Waals surface area contributed by atoms with Crippen LogP contribution in [0.5, 0.6) is 0 Å². The van der Waals surface area contributed by atoms with Crippen LogP contribution in [0.4, 0.5) is 5.69 Å². The molecule has 36 heavy (non-hydrogen) atoms. The summed E-state index contributed by atoms with van der Waals surface area (Å²) in [4.78, 5) is 22.1. The lowest BCUT2D eigenvalue weighted by atomic mass is 10.2. The van der Waals surface area contributed by atoms with Crippen molar-refractivity contribution in [2.45, 2.75) is 45.6 Å². The summed E-state index contributed by atoms with van der Waals surface area (Å²) in [6.07, 6.45) is 1.01. The smallest absolute Gasteiger partial charge is 0.283 e. The summed E-state index contributed by atoms with van der Waals surface area (Å²) in [5, 5.41) is 3.92. The van der Waals surface area contributed by atoms with Crippen molar-refractivity contribution in [1.82, 2.24) is 19.3 Å². The van der Waals surface area contributed by atoms with Crippen molar-refractivity contribution in [1.29, 1.82) is 0 Å². The Morgan fingerprint density at radius 2 is 1.75 bits per heavy atom. The number of nitrogens with zero attached hydrogens (tertiary/aromatic N) is 3. The topological polar surface area (TPSA) is 106 Å². The summed E-state index contributed by atoms with van der Waals surface area (Å²) < 4.78 is 29.4. The molecule has 4 aromatic rings. The summed E-state index contributed by atoms with van der Waals surface area (Å²) in [5.41, 5.74) is 4.56. The van der Waals surface area contributed by atoms with Gasteiger partial charge in [-0.15, -0.1) is 0 Å². The largest absolute Gasteiger partial charge is 0.385 e. The molecule has 4 rings (SSSR count). The number of nitrogens with one attached hydrogen (secondary N) is 2. The Morgan fingerprint density at radius 1 is 1.03 bits per heavy atom. The fraction of sp³-hybridized carbons (Fsp3) is 0.269. The number of anilines is 1. The molecule has 0 fully saturated rings. The van der Waals surface area contributed by atoms with Gasteiger partial charge in [0.25, 0.3) is 15.9 Å². The zero-order valence-electron chi connectivity index (χ0n) is 20.6. The van der Waals surface area contributed by atoms with Gasteiger partial charge in [0.1, 0.15) is 17.0 Å². The minimum atomic E-state index is -4.05. The van der Waals surface area contributed by atoms with E-state index in [4.69, 9.17) is 11.6 Å². The van der Waals surface area contributed by atoms with Crippen molar-refractivity contribution in [3.8, 4) is 0 Å². The third kappa shape index (κ3) is 5.37. The van der Waals surface area contributed by atoms with E-state index < -0.39 is 15.9 Å². The minimum Gasteiger partial charge on any atom is -0.385 e. The molecule has 0 radical (unpaired) electrons. The summed E-state index contributed by atoms with van der Waals surface area (Å²) in [5.74, 6) is -0.106. The van der Waals surface area contributed by atoms with Crippen LogP contribution in [-0.4, -0.2) is 35.4 Å². The van der Waals surface area contributed by atoms with E-state index in [1.54, 1.807) is 18.2 Å². The van der Waals surface area contributed by atoms with Gasteiger partial charge in [-0.05, 0) is 68.7 Å². The minimum absolute atomic E-state index is 0.00616. The first-order valence-electron chi connectivity index (χ1n) is 11.6. The highest BCUT2D eigenvalue weighted by Crippen LogP contribution is 2.25. The fourth-order valence-corrected chi connectivity index (χ4v) is 5.03. The van der Waals surface area contributed by atoms with Crippen LogP contribution in [0.1, 0.15) is 46.3 Å². The van der Waals surface area contributed by atoms with E-state index in [2.05, 4.69) is 26.9 Å². The number of benzene rings is 2. The fourth-order valence-electron chi connectivity index (χ4n) is 3.83. The summed E-state index contributed by atoms with van der Waals surface area (Å²) in [6.45, 7) is 8.87. The Bertz CT molecular complexity index is 1550. The van der Waals surface area contributed by atoms with Crippen LogP contribution in [0.2, 0.25) is 5.02 Å². The number of sulfonamides is 1. The SMILES string of the molecule is CCCNc1ccc(Cn2c(C)nc3c(C)cc(C(=O)NS(=O)(=O)c4ccc(C)cc4)nc32)c(Cl)c1. The number of halogens is 1. The molecule has 2 heterocycles. The number of carbonyl (C=O) groups excluding carboxylic acids is 1. The van der Waals surface area contributed by atoms with E-state index in [9.17, 15) is 13.2 Å². The molecule has 2 N–H and O–H groups in total. The van der Waals surface area contributed by atoms with Gasteiger partial charge in [-0.3, -0.25) is 4.79 Å². The predicted octanol–water partition coefficient (Wildman–Crippen LogP) is 5.00. The molecule has 0 saturated heterocycles. The highest BCUT2D eigenvalue weighted by atomic mass is 35.5. The van der Waals surface area contributed by atoms with Gasteiger partial charge >= 0.3 is 0 Å². The zero-order valence-corrected chi connectivity index (χ0v) is 22.2. The average Bonchev–Trinajstić information content (AvgIpc) is 3.14. The van der Waals surface area contributed by atoms with Crippen LogP contribution < -0.4 is 10.0 Å². The third-order valence-electron chi connectivity index (χ3n) is 5.84. The van der Waals surface area contributed by atoms with Gasteiger partial charge in [-0.1, -0.05) is 42.3 Å². The van der Waals surface area contributed by atoms with Crippen molar-refractivity contribution >= 4 is 44.4 Å². The number of aromatic nitrogens is 3. The molecule has 0 atom stereocenters. The van der Waals surface area contributed by atoms with E-state index in [1.165, 1.54) is 12.1 Å². The highest BCUT2D eigenvalue weighted by Gasteiger charge is 2.22. The molecular weight excluding hydrogens is 498 g/mol. The van der Waals surface area contributed by atoms with Crippen molar-refractivity contribution < 1.29 is 13.2 Å². The van der Waals surface area contributed by atoms with Crippen LogP contribution in [-0.2, 0) is 16.6 Å². The van der Waals surface area contributed by atoms with Gasteiger partial charge in [0.15, 0.2) is 5.65 Å². The van der Waals surface area contributed by atoms with Crippen molar-refractivity contribution in [3.63, 3.8) is 0 Å². The van der Waals surface area contributed by atoms with Gasteiger partial charge in [-0.2, -0.15) is 0 Å². The number of rotatable bonds is 8. The maximum atomic E-state index is 12.9. The molecule has 0 aliphatic carbocycles. The van der Waals surface area contributed by atoms with Crippen molar-refractivity contribution in [2.75, 3.05) is 11.9 Å². The Kier molecular flexibility index (Phi) is 7.33. The summed E-state index contributed by atoms with van der Waals surface area (Å²) in [6, 6.07) is 13.6. The van der Waals surface area contributed by atoms with E-state index in [-0.39, 0.29) is 10.6 Å². The van der Waals surface area contributed by atoms with E-state index >= 15 is 0 Å². The number of carbonyl (C=O) groups is 1. The van der Waals surface area contributed by atoms with E-state index in [1.807, 2.05) is 43.5 Å². The van der Waals surface area contributed by atoms with Gasteiger partial charge in [-0.25, -0.2) is 23.1 Å². The van der Waals surface area contributed by atoms with Crippen LogP contribution >= 0.6 is 11.6 Å². The zero-order chi connectivity index (χ0) is 26.0. The maximum Gasteiger partial charge on any atom is 0.283 e. The average molecular weight is 526 g/mol. The number of amides is 1. The molecule has 188 valence electrons. The molecular formula is C26H28ClN5O3S. The van der Waals surface area contributed by atoms with Gasteiger partial charge in [0.2, 0.25) is 0 Å². The Morgan fingerprint density at radius 3 is 2.42 bits per heavy atom. The molecule has 0 spiro atoms. The number of hydrogen-bond acceptors (Lipinski definition) is 6. The normalized spacial score (nSPS) is 11.6. The second kappa shape index (κ2) is 10.3. The second-order valence-corrected chi connectivity index (χ2v) is 10.8. The number of imidazole rings is 1. The number of hydrogen-bond donors (Lipinski definition) is 2. The first-order valence-corrected chi connectivity index (χ1v) is 13.5. The molecule has 10 heteroatoms. The van der Waals surface area contributed by atoms with Crippen LogP contribution in [0.25, 0.3) is 11.2 Å². The molecule has 0 bridgehead atoms. The molecule has 8 nitrogen and oxygen atoms in total. The van der Waals surface area contributed by atoms with Crippen LogP contribution in [0.15, 0.2) is 53.4 Å². The molecule has 0 saturated carbocycles. The molecule has 2 aromatic heterocycles. The van der Waals surface area contributed by atoms with Crippen molar-refractivity contribution in [3.05, 3.63) is 81.8 Å². The monoisotopic (exact) mass is 525 g/mol. The number of fused-ring (bicyclic) bond motifs is 1. The Hall–Kier alpha value is -3.43. The lowest BCUT2D eigenvalue weighted by Crippen LogP contribution is -2.31. The van der Waals surface area contributed by atoms with Crippen LogP contribution in [0, 0.1) is 20.8 Å². The predicted molar refractivity (Wildman–Crippen MR) is 142 cm³/mol. The van der Waals surface area contributed by atoms with Gasteiger partial charge in [0, 0.05) is 17.3 Å². The standard InChI is InChI=1S/C26H28ClN5O3S/c1-5-12-28-20-9-8-19(22(27)14-20)15-32-18(4)29-24-17(3)13-23(30-25(24)32)26(33)31-36(34,35)21-10-6-16(2)7-11-21/h6-11,13-14,28H,5,12,15H2,1-4H3,(H,31,33). The van der Waals surface area contributed by atoms with E-state index in [0.29, 0.717) is 34.1 Å². The molecule has 0 aliphatic rings. The highest BCUT2D eigenvalue weighted by molar-refractivity contribution is 7.90. The lowest BCUT2D eigenvalue weighted by molar-refractivity contribution is 0.0976. The summed E-state index contributed by atoms with van der Waals surface area (Å²) >= 11 is 6.56. The Labute approximate surface area is 215 Å². The quantitative estimate of drug-likeness (QED) is 0.335. The maximum absolute atomic E-state index is 12.9. The molecule has 0 unspecified atom stereocenters. The first kappa shape index (κ1) is 25.7. The second-order valence-electron chi connectivity index (χ2n) is 8.72.